The molecule has 80 valence electrons. The van der Waals surface area contributed by atoms with Gasteiger partial charge >= 0.3 is 6.09 Å². The summed E-state index contributed by atoms with van der Waals surface area (Å²) in [4.78, 5) is 27.1. The number of nitrogens with zero attached hydrogens (tertiary/aromatic N) is 2. The molecule has 1 aromatic heterocycles. The van der Waals surface area contributed by atoms with Gasteiger partial charge in [-0.05, 0) is 6.07 Å². The number of amides is 2. The molecule has 0 spiro atoms. The number of hydrogen-bond acceptors (Lipinski definition) is 4. The van der Waals surface area contributed by atoms with Crippen LogP contribution in [0.2, 0.25) is 0 Å². The third kappa shape index (κ3) is 2.94. The van der Waals surface area contributed by atoms with E-state index >= 15 is 0 Å². The standard InChI is InChI=1S/C9H11N3O3/c1-12(2)8(13)6-3-7(5-11-4-6)15-9(10)14/h3-5H,1-2H3,(H2,10,14). The lowest BCUT2D eigenvalue weighted by Gasteiger charge is -2.10. The largest absolute Gasteiger partial charge is 0.410 e. The van der Waals surface area contributed by atoms with Gasteiger partial charge in [-0.15, -0.1) is 0 Å². The molecule has 0 aliphatic rings. The summed E-state index contributed by atoms with van der Waals surface area (Å²) in [5.74, 6) is -0.0763. The van der Waals surface area contributed by atoms with Crippen LogP contribution in [0.15, 0.2) is 18.5 Å². The molecule has 0 fully saturated rings. The second kappa shape index (κ2) is 4.41. The van der Waals surface area contributed by atoms with Crippen LogP contribution < -0.4 is 10.5 Å². The van der Waals surface area contributed by atoms with E-state index in [0.717, 1.165) is 0 Å². The molecule has 0 aromatic carbocycles. The number of carbonyl (C=O) groups is 2. The minimum Gasteiger partial charge on any atom is -0.409 e. The van der Waals surface area contributed by atoms with Crippen molar-refractivity contribution in [2.75, 3.05) is 14.1 Å². The highest BCUT2D eigenvalue weighted by atomic mass is 16.5. The molecule has 0 saturated carbocycles. The second-order valence-corrected chi connectivity index (χ2v) is 3.03. The molecule has 2 amide bonds. The Morgan fingerprint density at radius 1 is 1.40 bits per heavy atom. The van der Waals surface area contributed by atoms with Crippen molar-refractivity contribution >= 4 is 12.0 Å². The van der Waals surface area contributed by atoms with Crippen LogP contribution in [-0.4, -0.2) is 36.0 Å². The van der Waals surface area contributed by atoms with Gasteiger partial charge < -0.3 is 15.4 Å². The molecule has 6 nitrogen and oxygen atoms in total. The fraction of sp³-hybridized carbons (Fsp3) is 0.222. The van der Waals surface area contributed by atoms with E-state index in [1.54, 1.807) is 14.1 Å². The molecule has 0 aliphatic carbocycles. The predicted octanol–water partition coefficient (Wildman–Crippen LogP) is 0.241. The number of nitrogens with two attached hydrogens (primary N) is 1. The van der Waals surface area contributed by atoms with E-state index in [1.807, 2.05) is 0 Å². The van der Waals surface area contributed by atoms with Gasteiger partial charge in [-0.25, -0.2) is 4.79 Å². The van der Waals surface area contributed by atoms with Crippen molar-refractivity contribution in [1.29, 1.82) is 0 Å². The van der Waals surface area contributed by atoms with E-state index in [-0.39, 0.29) is 11.7 Å². The Morgan fingerprint density at radius 2 is 2.07 bits per heavy atom. The molecular weight excluding hydrogens is 198 g/mol. The highest BCUT2D eigenvalue weighted by molar-refractivity contribution is 5.94. The van der Waals surface area contributed by atoms with Gasteiger partial charge in [-0.1, -0.05) is 0 Å². The third-order valence-corrected chi connectivity index (χ3v) is 1.58. The molecule has 0 atom stereocenters. The monoisotopic (exact) mass is 209 g/mol. The summed E-state index contributed by atoms with van der Waals surface area (Å²) < 4.78 is 4.59. The van der Waals surface area contributed by atoms with E-state index < -0.39 is 6.09 Å². The summed E-state index contributed by atoms with van der Waals surface area (Å²) in [7, 11) is 3.23. The molecule has 1 aromatic rings. The molecule has 15 heavy (non-hydrogen) atoms. The van der Waals surface area contributed by atoms with Gasteiger partial charge in [0.25, 0.3) is 5.91 Å². The van der Waals surface area contributed by atoms with Gasteiger partial charge in [-0.2, -0.15) is 0 Å². The molecule has 0 saturated heterocycles. The van der Waals surface area contributed by atoms with E-state index in [9.17, 15) is 9.59 Å². The lowest BCUT2D eigenvalue weighted by molar-refractivity contribution is 0.0826. The number of primary amides is 1. The quantitative estimate of drug-likeness (QED) is 0.756. The summed E-state index contributed by atoms with van der Waals surface area (Å²) in [6.07, 6.45) is 1.75. The van der Waals surface area contributed by atoms with Crippen molar-refractivity contribution in [2.45, 2.75) is 0 Å². The average Bonchev–Trinajstić information content (AvgIpc) is 2.16. The number of aromatic nitrogens is 1. The summed E-state index contributed by atoms with van der Waals surface area (Å²) >= 11 is 0. The number of ether oxygens (including phenoxy) is 1. The minimum absolute atomic E-state index is 0.148. The van der Waals surface area contributed by atoms with Crippen LogP contribution in [0.4, 0.5) is 4.79 Å². The number of carbonyl (C=O) groups excluding carboxylic acids is 2. The van der Waals surface area contributed by atoms with Gasteiger partial charge in [0.2, 0.25) is 0 Å². The van der Waals surface area contributed by atoms with Crippen LogP contribution in [-0.2, 0) is 0 Å². The lowest BCUT2D eigenvalue weighted by Crippen LogP contribution is -2.22. The summed E-state index contributed by atoms with van der Waals surface area (Å²) in [6, 6.07) is 1.40. The van der Waals surface area contributed by atoms with Crippen molar-refractivity contribution in [1.82, 2.24) is 9.88 Å². The van der Waals surface area contributed by atoms with Gasteiger partial charge in [-0.3, -0.25) is 9.78 Å². The first kappa shape index (κ1) is 11.0. The van der Waals surface area contributed by atoms with Crippen molar-refractivity contribution in [2.24, 2.45) is 5.73 Å². The van der Waals surface area contributed by atoms with Crippen LogP contribution in [0.25, 0.3) is 0 Å². The summed E-state index contributed by atoms with van der Waals surface area (Å²) in [5, 5.41) is 0. The Balaban J connectivity index is 2.92. The molecule has 0 aliphatic heterocycles. The fourth-order valence-electron chi connectivity index (χ4n) is 0.966. The van der Waals surface area contributed by atoms with E-state index in [2.05, 4.69) is 9.72 Å². The predicted molar refractivity (Wildman–Crippen MR) is 52.5 cm³/mol. The molecule has 0 unspecified atom stereocenters. The number of rotatable bonds is 2. The highest BCUT2D eigenvalue weighted by Gasteiger charge is 2.10. The van der Waals surface area contributed by atoms with Crippen LogP contribution in [0, 0.1) is 0 Å². The molecule has 0 bridgehead atoms. The second-order valence-electron chi connectivity index (χ2n) is 3.03. The maximum absolute atomic E-state index is 11.5. The minimum atomic E-state index is -0.939. The maximum Gasteiger partial charge on any atom is 0.410 e. The molecule has 0 radical (unpaired) electrons. The lowest BCUT2D eigenvalue weighted by atomic mass is 10.2. The van der Waals surface area contributed by atoms with Crippen molar-refractivity contribution in [3.8, 4) is 5.75 Å². The smallest absolute Gasteiger partial charge is 0.409 e. The molecule has 6 heteroatoms. The Morgan fingerprint density at radius 3 is 2.60 bits per heavy atom. The van der Waals surface area contributed by atoms with E-state index in [1.165, 1.54) is 23.4 Å². The zero-order chi connectivity index (χ0) is 11.4. The first-order valence-corrected chi connectivity index (χ1v) is 4.14. The van der Waals surface area contributed by atoms with E-state index in [0.29, 0.717) is 5.56 Å². The molecule has 2 N–H and O–H groups in total. The highest BCUT2D eigenvalue weighted by Crippen LogP contribution is 2.12. The van der Waals surface area contributed by atoms with Crippen LogP contribution in [0.5, 0.6) is 5.75 Å². The van der Waals surface area contributed by atoms with Crippen LogP contribution in [0.1, 0.15) is 10.4 Å². The normalized spacial score (nSPS) is 9.47. The Labute approximate surface area is 86.6 Å². The first-order valence-electron chi connectivity index (χ1n) is 4.14. The molecule has 1 heterocycles. The van der Waals surface area contributed by atoms with Crippen LogP contribution >= 0.6 is 0 Å². The van der Waals surface area contributed by atoms with Crippen LogP contribution in [0.3, 0.4) is 0 Å². The Kier molecular flexibility index (Phi) is 3.22. The van der Waals surface area contributed by atoms with Crippen molar-refractivity contribution in [3.63, 3.8) is 0 Å². The summed E-state index contributed by atoms with van der Waals surface area (Å²) in [5.41, 5.74) is 5.16. The summed E-state index contributed by atoms with van der Waals surface area (Å²) in [6.45, 7) is 0. The zero-order valence-electron chi connectivity index (χ0n) is 8.43. The molecule has 1 rings (SSSR count). The average molecular weight is 209 g/mol. The number of pyridine rings is 1. The van der Waals surface area contributed by atoms with Gasteiger partial charge in [0.05, 0.1) is 11.8 Å². The van der Waals surface area contributed by atoms with E-state index in [4.69, 9.17) is 5.73 Å². The van der Waals surface area contributed by atoms with Crippen molar-refractivity contribution in [3.05, 3.63) is 24.0 Å². The topological polar surface area (TPSA) is 85.5 Å². The van der Waals surface area contributed by atoms with Gasteiger partial charge in [0.15, 0.2) is 5.75 Å². The van der Waals surface area contributed by atoms with Gasteiger partial charge in [0, 0.05) is 20.3 Å². The third-order valence-electron chi connectivity index (χ3n) is 1.58. The first-order chi connectivity index (χ1) is 7.00. The Hall–Kier alpha value is -2.11. The SMILES string of the molecule is CN(C)C(=O)c1cncc(OC(N)=O)c1. The number of hydrogen-bond donors (Lipinski definition) is 1. The Bertz CT molecular complexity index is 390. The fourth-order valence-corrected chi connectivity index (χ4v) is 0.966. The zero-order valence-corrected chi connectivity index (χ0v) is 8.43. The maximum atomic E-state index is 11.5. The van der Waals surface area contributed by atoms with Gasteiger partial charge in [0.1, 0.15) is 0 Å². The molecular formula is C9H11N3O3. The van der Waals surface area contributed by atoms with Crippen molar-refractivity contribution < 1.29 is 14.3 Å².